The summed E-state index contributed by atoms with van der Waals surface area (Å²) in [5, 5.41) is 0.167. The van der Waals surface area contributed by atoms with Gasteiger partial charge in [0.05, 0.1) is 6.61 Å². The van der Waals surface area contributed by atoms with Crippen LogP contribution in [-0.4, -0.2) is 34.1 Å². The third-order valence-electron chi connectivity index (χ3n) is 2.23. The zero-order valence-electron chi connectivity index (χ0n) is 10.8. The summed E-state index contributed by atoms with van der Waals surface area (Å²) in [5.41, 5.74) is 0. The van der Waals surface area contributed by atoms with Crippen molar-refractivity contribution in [2.24, 2.45) is 0 Å². The Balaban J connectivity index is 2.94. The number of aromatic nitrogens is 3. The second-order valence-corrected chi connectivity index (χ2v) is 4.25. The molecule has 0 aliphatic heterocycles. The van der Waals surface area contributed by atoms with Gasteiger partial charge in [-0.05, 0) is 38.8 Å². The largest absolute Gasteiger partial charge is 0.463 e. The minimum Gasteiger partial charge on any atom is -0.463 e. The van der Waals surface area contributed by atoms with Gasteiger partial charge < -0.3 is 9.64 Å². The number of ether oxygens (including phenoxy) is 1. The van der Waals surface area contributed by atoms with Crippen LogP contribution < -0.4 is 9.64 Å². The van der Waals surface area contributed by atoms with E-state index in [2.05, 4.69) is 28.8 Å². The van der Waals surface area contributed by atoms with Crippen LogP contribution in [0.1, 0.15) is 34.1 Å². The van der Waals surface area contributed by atoms with Crippen molar-refractivity contribution in [3.05, 3.63) is 5.28 Å². The first-order valence-electron chi connectivity index (χ1n) is 5.89. The fraction of sp³-hybridized carbons (Fsp3) is 0.727. The van der Waals surface area contributed by atoms with Gasteiger partial charge in [0.1, 0.15) is 0 Å². The van der Waals surface area contributed by atoms with E-state index < -0.39 is 0 Å². The second kappa shape index (κ2) is 6.59. The van der Waals surface area contributed by atoms with Gasteiger partial charge in [-0.15, -0.1) is 0 Å². The Labute approximate surface area is 107 Å². The summed E-state index contributed by atoms with van der Waals surface area (Å²) in [6.45, 7) is 9.61. The van der Waals surface area contributed by atoms with Crippen molar-refractivity contribution in [2.45, 2.75) is 40.2 Å². The average Bonchev–Trinajstić information content (AvgIpc) is 2.26. The summed E-state index contributed by atoms with van der Waals surface area (Å²) >= 11 is 5.87. The van der Waals surface area contributed by atoms with Crippen molar-refractivity contribution in [1.29, 1.82) is 0 Å². The zero-order chi connectivity index (χ0) is 12.8. The van der Waals surface area contributed by atoms with E-state index in [4.69, 9.17) is 16.3 Å². The molecule has 0 aliphatic rings. The lowest BCUT2D eigenvalue weighted by atomic mass is 10.3. The number of rotatable bonds is 6. The van der Waals surface area contributed by atoms with Gasteiger partial charge in [0.15, 0.2) is 0 Å². The smallest absolute Gasteiger partial charge is 0.322 e. The van der Waals surface area contributed by atoms with Gasteiger partial charge in [-0.1, -0.05) is 6.92 Å². The SMILES string of the molecule is CCCOc1nc(Cl)nc(N(CC)C(C)C)n1. The van der Waals surface area contributed by atoms with E-state index >= 15 is 0 Å². The summed E-state index contributed by atoms with van der Waals surface area (Å²) in [5.74, 6) is 0.564. The van der Waals surface area contributed by atoms with E-state index in [0.29, 0.717) is 24.6 Å². The Morgan fingerprint density at radius 2 is 1.94 bits per heavy atom. The highest BCUT2D eigenvalue weighted by Gasteiger charge is 2.14. The summed E-state index contributed by atoms with van der Waals surface area (Å²) in [6.07, 6.45) is 0.903. The summed E-state index contributed by atoms with van der Waals surface area (Å²) in [7, 11) is 0. The fourth-order valence-electron chi connectivity index (χ4n) is 1.45. The van der Waals surface area contributed by atoms with Crippen LogP contribution in [0.25, 0.3) is 0 Å². The molecule has 0 amide bonds. The van der Waals surface area contributed by atoms with Crippen LogP contribution in [0.2, 0.25) is 5.28 Å². The Hall–Kier alpha value is -1.10. The molecule has 1 aromatic heterocycles. The van der Waals surface area contributed by atoms with Gasteiger partial charge in [-0.3, -0.25) is 0 Å². The molecule has 17 heavy (non-hydrogen) atoms. The average molecular weight is 259 g/mol. The maximum Gasteiger partial charge on any atom is 0.322 e. The van der Waals surface area contributed by atoms with Gasteiger partial charge in [-0.2, -0.15) is 15.0 Å². The van der Waals surface area contributed by atoms with Crippen LogP contribution >= 0.6 is 11.6 Å². The standard InChI is InChI=1S/C11H19ClN4O/c1-5-7-17-11-14-9(12)13-10(15-11)16(6-2)8(3)4/h8H,5-7H2,1-4H3. The van der Waals surface area contributed by atoms with Crippen LogP contribution in [-0.2, 0) is 0 Å². The summed E-state index contributed by atoms with van der Waals surface area (Å²) in [4.78, 5) is 14.4. The lowest BCUT2D eigenvalue weighted by Crippen LogP contribution is -2.32. The molecule has 0 aliphatic carbocycles. The quantitative estimate of drug-likeness (QED) is 0.785. The monoisotopic (exact) mass is 258 g/mol. The maximum atomic E-state index is 5.87. The van der Waals surface area contributed by atoms with E-state index in [-0.39, 0.29) is 5.28 Å². The van der Waals surface area contributed by atoms with E-state index in [1.807, 2.05) is 18.7 Å². The molecular weight excluding hydrogens is 240 g/mol. The van der Waals surface area contributed by atoms with Crippen LogP contribution in [0.4, 0.5) is 5.95 Å². The van der Waals surface area contributed by atoms with E-state index in [0.717, 1.165) is 13.0 Å². The van der Waals surface area contributed by atoms with Crippen LogP contribution in [0.3, 0.4) is 0 Å². The first-order valence-corrected chi connectivity index (χ1v) is 6.27. The molecule has 0 saturated carbocycles. The van der Waals surface area contributed by atoms with Gasteiger partial charge in [0.25, 0.3) is 0 Å². The number of hydrogen-bond donors (Lipinski definition) is 0. The molecule has 96 valence electrons. The Bertz CT molecular complexity index is 359. The lowest BCUT2D eigenvalue weighted by molar-refractivity contribution is 0.291. The molecule has 0 N–H and O–H groups in total. The number of hydrogen-bond acceptors (Lipinski definition) is 5. The van der Waals surface area contributed by atoms with Crippen LogP contribution in [0.5, 0.6) is 6.01 Å². The van der Waals surface area contributed by atoms with Crippen LogP contribution in [0.15, 0.2) is 0 Å². The predicted molar refractivity (Wildman–Crippen MR) is 68.8 cm³/mol. The van der Waals surface area contributed by atoms with Gasteiger partial charge in [-0.25, -0.2) is 0 Å². The normalized spacial score (nSPS) is 10.7. The topological polar surface area (TPSA) is 51.1 Å². The third-order valence-corrected chi connectivity index (χ3v) is 2.40. The van der Waals surface area contributed by atoms with Crippen molar-refractivity contribution in [2.75, 3.05) is 18.1 Å². The molecule has 0 bridgehead atoms. The lowest BCUT2D eigenvalue weighted by Gasteiger charge is -2.24. The minimum atomic E-state index is 0.167. The van der Waals surface area contributed by atoms with E-state index in [9.17, 15) is 0 Å². The second-order valence-electron chi connectivity index (χ2n) is 3.92. The van der Waals surface area contributed by atoms with Crippen molar-refractivity contribution in [3.8, 4) is 6.01 Å². The summed E-state index contributed by atoms with van der Waals surface area (Å²) in [6, 6.07) is 0.596. The van der Waals surface area contributed by atoms with Crippen molar-refractivity contribution >= 4 is 17.5 Å². The molecule has 1 heterocycles. The van der Waals surface area contributed by atoms with Crippen molar-refractivity contribution < 1.29 is 4.74 Å². The molecule has 0 radical (unpaired) electrons. The molecule has 0 fully saturated rings. The van der Waals surface area contributed by atoms with E-state index in [1.54, 1.807) is 0 Å². The Morgan fingerprint density at radius 3 is 2.47 bits per heavy atom. The molecule has 0 aromatic carbocycles. The molecule has 6 heteroatoms. The highest BCUT2D eigenvalue weighted by molar-refractivity contribution is 6.28. The minimum absolute atomic E-state index is 0.167. The third kappa shape index (κ3) is 4.00. The number of anilines is 1. The molecule has 0 spiro atoms. The van der Waals surface area contributed by atoms with Crippen molar-refractivity contribution in [1.82, 2.24) is 15.0 Å². The fourth-order valence-corrected chi connectivity index (χ4v) is 1.59. The van der Waals surface area contributed by atoms with Gasteiger partial charge >= 0.3 is 6.01 Å². The van der Waals surface area contributed by atoms with Gasteiger partial charge in [0, 0.05) is 12.6 Å². The predicted octanol–water partition coefficient (Wildman–Crippen LogP) is 2.55. The zero-order valence-corrected chi connectivity index (χ0v) is 11.5. The highest BCUT2D eigenvalue weighted by Crippen LogP contribution is 2.17. The number of nitrogens with zero attached hydrogens (tertiary/aromatic N) is 4. The first kappa shape index (κ1) is 14.0. The Morgan fingerprint density at radius 1 is 1.24 bits per heavy atom. The first-order chi connectivity index (χ1) is 8.08. The molecular formula is C11H19ClN4O. The maximum absolute atomic E-state index is 5.87. The Kier molecular flexibility index (Phi) is 5.41. The molecule has 5 nitrogen and oxygen atoms in total. The molecule has 0 saturated heterocycles. The number of halogens is 1. The summed E-state index contributed by atoms with van der Waals surface area (Å²) < 4.78 is 5.38. The highest BCUT2D eigenvalue weighted by atomic mass is 35.5. The van der Waals surface area contributed by atoms with E-state index in [1.165, 1.54) is 0 Å². The van der Waals surface area contributed by atoms with Crippen molar-refractivity contribution in [3.63, 3.8) is 0 Å². The molecule has 1 rings (SSSR count). The molecule has 1 aromatic rings. The molecule has 0 atom stereocenters. The van der Waals surface area contributed by atoms with Crippen LogP contribution in [0, 0.1) is 0 Å². The van der Waals surface area contributed by atoms with Gasteiger partial charge in [0.2, 0.25) is 11.2 Å². The molecule has 0 unspecified atom stereocenters.